The average molecular weight is 319 g/mol. The molecule has 23 heavy (non-hydrogen) atoms. The molecule has 0 N–H and O–H groups in total. The first kappa shape index (κ1) is 15.1. The number of nitrogens with zero attached hydrogens (tertiary/aromatic N) is 1. The SMILES string of the molecule is CC1(C)OC[C@H]([C@@H]2C[C@H]3C(=O)OC[C@H](c4ccccc4)N3O2)O1. The molecule has 3 saturated heterocycles. The molecule has 3 aliphatic rings. The molecule has 6 heteroatoms. The van der Waals surface area contributed by atoms with Gasteiger partial charge in [-0.1, -0.05) is 30.3 Å². The summed E-state index contributed by atoms with van der Waals surface area (Å²) in [6.07, 6.45) is 0.199. The largest absolute Gasteiger partial charge is 0.462 e. The number of morpholine rings is 1. The van der Waals surface area contributed by atoms with Crippen LogP contribution in [0.3, 0.4) is 0 Å². The van der Waals surface area contributed by atoms with Gasteiger partial charge in [-0.2, -0.15) is 5.06 Å². The highest BCUT2D eigenvalue weighted by molar-refractivity contribution is 5.76. The quantitative estimate of drug-likeness (QED) is 0.775. The fourth-order valence-corrected chi connectivity index (χ4v) is 3.45. The molecule has 0 saturated carbocycles. The first-order valence-electron chi connectivity index (χ1n) is 8.02. The van der Waals surface area contributed by atoms with E-state index in [1.165, 1.54) is 0 Å². The van der Waals surface area contributed by atoms with E-state index in [4.69, 9.17) is 19.0 Å². The van der Waals surface area contributed by atoms with Crippen molar-refractivity contribution in [1.29, 1.82) is 0 Å². The van der Waals surface area contributed by atoms with Crippen LogP contribution in [-0.2, 0) is 23.8 Å². The third kappa shape index (κ3) is 2.76. The zero-order chi connectivity index (χ0) is 16.0. The molecule has 4 rings (SSSR count). The fourth-order valence-electron chi connectivity index (χ4n) is 3.45. The van der Waals surface area contributed by atoms with E-state index in [0.717, 1.165) is 5.56 Å². The van der Waals surface area contributed by atoms with E-state index < -0.39 is 5.79 Å². The highest BCUT2D eigenvalue weighted by Gasteiger charge is 2.51. The number of rotatable bonds is 2. The average Bonchev–Trinajstić information content (AvgIpc) is 3.12. The molecule has 0 amide bonds. The van der Waals surface area contributed by atoms with E-state index in [1.807, 2.05) is 44.2 Å². The van der Waals surface area contributed by atoms with Crippen molar-refractivity contribution < 1.29 is 23.8 Å². The van der Waals surface area contributed by atoms with Crippen molar-refractivity contribution in [2.75, 3.05) is 13.2 Å². The van der Waals surface area contributed by atoms with Crippen molar-refractivity contribution in [3.05, 3.63) is 35.9 Å². The molecular formula is C17H21NO5. The van der Waals surface area contributed by atoms with Crippen LogP contribution in [0.4, 0.5) is 0 Å². The first-order chi connectivity index (χ1) is 11.0. The predicted molar refractivity (Wildman–Crippen MR) is 80.2 cm³/mol. The van der Waals surface area contributed by atoms with Crippen molar-refractivity contribution in [2.45, 2.75) is 50.3 Å². The zero-order valence-corrected chi connectivity index (χ0v) is 13.3. The summed E-state index contributed by atoms with van der Waals surface area (Å²) >= 11 is 0. The number of benzene rings is 1. The van der Waals surface area contributed by atoms with Gasteiger partial charge in [-0.3, -0.25) is 9.63 Å². The van der Waals surface area contributed by atoms with Crippen molar-refractivity contribution in [3.8, 4) is 0 Å². The number of cyclic esters (lactones) is 1. The molecule has 1 aromatic carbocycles. The van der Waals surface area contributed by atoms with Crippen LogP contribution in [0.25, 0.3) is 0 Å². The Labute approximate surface area is 135 Å². The van der Waals surface area contributed by atoms with E-state index in [1.54, 1.807) is 5.06 Å². The Kier molecular flexibility index (Phi) is 3.65. The smallest absolute Gasteiger partial charge is 0.325 e. The number of fused-ring (bicyclic) bond motifs is 1. The van der Waals surface area contributed by atoms with Crippen molar-refractivity contribution in [3.63, 3.8) is 0 Å². The lowest BCUT2D eigenvalue weighted by Crippen LogP contribution is -2.46. The molecule has 4 atom stereocenters. The molecular weight excluding hydrogens is 298 g/mol. The maximum atomic E-state index is 12.1. The Morgan fingerprint density at radius 2 is 1.87 bits per heavy atom. The van der Waals surface area contributed by atoms with E-state index in [9.17, 15) is 4.79 Å². The van der Waals surface area contributed by atoms with Gasteiger partial charge < -0.3 is 14.2 Å². The van der Waals surface area contributed by atoms with Crippen LogP contribution in [0.15, 0.2) is 30.3 Å². The number of hydroxylamine groups is 2. The number of hydrogen-bond acceptors (Lipinski definition) is 6. The van der Waals surface area contributed by atoms with E-state index in [-0.39, 0.29) is 30.3 Å². The van der Waals surface area contributed by atoms with E-state index >= 15 is 0 Å². The molecule has 3 aliphatic heterocycles. The van der Waals surface area contributed by atoms with Gasteiger partial charge in [0.05, 0.1) is 12.6 Å². The van der Waals surface area contributed by atoms with Crippen molar-refractivity contribution >= 4 is 5.97 Å². The summed E-state index contributed by atoms with van der Waals surface area (Å²) in [5.41, 5.74) is 1.08. The first-order valence-corrected chi connectivity index (χ1v) is 8.02. The number of carbonyl (C=O) groups is 1. The summed E-state index contributed by atoms with van der Waals surface area (Å²) in [7, 11) is 0. The van der Waals surface area contributed by atoms with Gasteiger partial charge in [0, 0.05) is 6.42 Å². The lowest BCUT2D eigenvalue weighted by molar-refractivity contribution is -0.243. The number of hydrogen-bond donors (Lipinski definition) is 0. The maximum absolute atomic E-state index is 12.1. The molecule has 1 aromatic rings. The van der Waals surface area contributed by atoms with Crippen LogP contribution in [0, 0.1) is 0 Å². The maximum Gasteiger partial charge on any atom is 0.325 e. The molecule has 0 bridgehead atoms. The predicted octanol–water partition coefficient (Wildman–Crippen LogP) is 1.81. The number of esters is 1. The van der Waals surface area contributed by atoms with Crippen molar-refractivity contribution in [2.24, 2.45) is 0 Å². The number of ether oxygens (including phenoxy) is 3. The topological polar surface area (TPSA) is 57.2 Å². The molecule has 124 valence electrons. The van der Waals surface area contributed by atoms with Crippen LogP contribution >= 0.6 is 0 Å². The summed E-state index contributed by atoms with van der Waals surface area (Å²) in [6, 6.07) is 9.50. The third-order valence-corrected chi connectivity index (χ3v) is 4.61. The summed E-state index contributed by atoms with van der Waals surface area (Å²) in [5.74, 6) is -0.825. The van der Waals surface area contributed by atoms with Gasteiger partial charge in [0.25, 0.3) is 0 Å². The monoisotopic (exact) mass is 319 g/mol. The van der Waals surface area contributed by atoms with Crippen LogP contribution in [0.5, 0.6) is 0 Å². The normalized spacial score (nSPS) is 36.7. The molecule has 0 unspecified atom stereocenters. The Morgan fingerprint density at radius 3 is 2.57 bits per heavy atom. The molecule has 0 spiro atoms. The molecule has 3 fully saturated rings. The lowest BCUT2D eigenvalue weighted by Gasteiger charge is -2.34. The minimum atomic E-state index is -0.601. The molecule has 6 nitrogen and oxygen atoms in total. The Balaban J connectivity index is 1.54. The van der Waals surface area contributed by atoms with Gasteiger partial charge in [0.2, 0.25) is 0 Å². The molecule has 0 aliphatic carbocycles. The standard InChI is InChI=1S/C17H21NO5/c1-17(2)21-10-15(22-17)14-8-12-16(19)20-9-13(18(12)23-14)11-6-4-3-5-7-11/h3-7,12-15H,8-10H2,1-2H3/t12-,13+,14-,15+/m0/s1. The summed E-state index contributed by atoms with van der Waals surface area (Å²) < 4.78 is 16.9. The van der Waals surface area contributed by atoms with Gasteiger partial charge >= 0.3 is 5.97 Å². The Hall–Kier alpha value is -1.47. The molecule has 3 heterocycles. The molecule has 0 radical (unpaired) electrons. The van der Waals surface area contributed by atoms with E-state index in [2.05, 4.69) is 0 Å². The van der Waals surface area contributed by atoms with Gasteiger partial charge in [-0.15, -0.1) is 0 Å². The van der Waals surface area contributed by atoms with Gasteiger partial charge in [-0.25, -0.2) is 0 Å². The summed E-state index contributed by atoms with van der Waals surface area (Å²) in [4.78, 5) is 18.2. The van der Waals surface area contributed by atoms with E-state index in [0.29, 0.717) is 19.6 Å². The van der Waals surface area contributed by atoms with Crippen LogP contribution in [-0.4, -0.2) is 48.3 Å². The number of carbonyl (C=O) groups excluding carboxylic acids is 1. The third-order valence-electron chi connectivity index (χ3n) is 4.61. The minimum absolute atomic E-state index is 0.0840. The second-order valence-corrected chi connectivity index (χ2v) is 6.68. The summed E-state index contributed by atoms with van der Waals surface area (Å²) in [5, 5.41) is 1.79. The minimum Gasteiger partial charge on any atom is -0.462 e. The highest BCUT2D eigenvalue weighted by Crippen LogP contribution is 2.39. The fraction of sp³-hybridized carbons (Fsp3) is 0.588. The Bertz CT molecular complexity index is 590. The van der Waals surface area contributed by atoms with Gasteiger partial charge in [-0.05, 0) is 19.4 Å². The van der Waals surface area contributed by atoms with Crippen LogP contribution in [0.1, 0.15) is 31.9 Å². The second kappa shape index (κ2) is 5.56. The van der Waals surface area contributed by atoms with Crippen molar-refractivity contribution in [1.82, 2.24) is 5.06 Å². The second-order valence-electron chi connectivity index (χ2n) is 6.68. The summed E-state index contributed by atoms with van der Waals surface area (Å²) in [6.45, 7) is 4.55. The lowest BCUT2D eigenvalue weighted by atomic mass is 10.0. The highest BCUT2D eigenvalue weighted by atomic mass is 16.8. The Morgan fingerprint density at radius 1 is 1.09 bits per heavy atom. The zero-order valence-electron chi connectivity index (χ0n) is 13.3. The van der Waals surface area contributed by atoms with Crippen LogP contribution in [0.2, 0.25) is 0 Å². The van der Waals surface area contributed by atoms with Crippen LogP contribution < -0.4 is 0 Å². The molecule has 0 aromatic heterocycles. The van der Waals surface area contributed by atoms with Gasteiger partial charge in [0.15, 0.2) is 5.79 Å². The van der Waals surface area contributed by atoms with Gasteiger partial charge in [0.1, 0.15) is 24.9 Å².